The van der Waals surface area contributed by atoms with Crippen LogP contribution in [0.15, 0.2) is 71.0 Å². The molecular weight excluding hydrogens is 807 g/mol. The van der Waals surface area contributed by atoms with E-state index >= 15 is 0 Å². The molecular formula is C44H53N5O11S. The standard InChI is InChI=1S/C42H53N5O7S.2CO2/c1-39(2,3)25-47(23-26-21-33(55-24-26)40(4,5)6)34(48)32-19-15-28-22-30(18-20-31(28)44-32)52-35(49)27-13-16-29(17-14-27)43-36(45-37(50)53-41(7,8)9)46-38(51)54-42(10,11)12;2*2-1-3/h13-22,24H,23,25H2,1-12H3,(H2,43,45,46,50,51);;. The second-order valence-corrected chi connectivity index (χ2v) is 18.6. The highest BCUT2D eigenvalue weighted by Gasteiger charge is 2.26. The molecule has 0 aliphatic heterocycles. The van der Waals surface area contributed by atoms with Crippen molar-refractivity contribution in [3.8, 4) is 5.75 Å². The van der Waals surface area contributed by atoms with Gasteiger partial charge in [0.1, 0.15) is 22.6 Å². The third kappa shape index (κ3) is 18.5. The minimum absolute atomic E-state index is 0.0338. The largest absolute Gasteiger partial charge is 0.444 e. The van der Waals surface area contributed by atoms with E-state index in [1.165, 1.54) is 29.1 Å². The van der Waals surface area contributed by atoms with Crippen molar-refractivity contribution in [3.05, 3.63) is 87.7 Å². The lowest BCUT2D eigenvalue weighted by Gasteiger charge is -2.30. The molecule has 0 fully saturated rings. The molecule has 0 radical (unpaired) electrons. The van der Waals surface area contributed by atoms with E-state index in [4.69, 9.17) is 33.4 Å². The van der Waals surface area contributed by atoms with Crippen LogP contribution in [0.4, 0.5) is 15.3 Å². The maximum absolute atomic E-state index is 13.9. The van der Waals surface area contributed by atoms with E-state index in [1.54, 1.807) is 83.2 Å². The Morgan fingerprint density at radius 1 is 0.738 bits per heavy atom. The van der Waals surface area contributed by atoms with E-state index in [9.17, 15) is 19.2 Å². The van der Waals surface area contributed by atoms with Crippen LogP contribution in [0, 0.1) is 5.41 Å². The number of fused-ring (bicyclic) bond motifs is 1. The molecule has 0 unspecified atom stereocenters. The van der Waals surface area contributed by atoms with Gasteiger partial charge in [-0.05, 0) is 118 Å². The van der Waals surface area contributed by atoms with Crippen LogP contribution in [0.25, 0.3) is 10.9 Å². The lowest BCUT2D eigenvalue weighted by Crippen LogP contribution is -2.47. The van der Waals surface area contributed by atoms with Crippen LogP contribution in [-0.2, 0) is 40.6 Å². The van der Waals surface area contributed by atoms with E-state index in [-0.39, 0.29) is 40.6 Å². The molecule has 4 rings (SSSR count). The molecule has 0 spiro atoms. The second-order valence-electron chi connectivity index (χ2n) is 17.7. The Hall–Kier alpha value is -6.54. The number of benzene rings is 2. The highest BCUT2D eigenvalue weighted by Crippen LogP contribution is 2.30. The topological polar surface area (TPSA) is 217 Å². The summed E-state index contributed by atoms with van der Waals surface area (Å²) in [7, 11) is 0. The molecule has 4 aromatic rings. The van der Waals surface area contributed by atoms with Crippen molar-refractivity contribution < 1.29 is 52.6 Å². The van der Waals surface area contributed by atoms with Gasteiger partial charge in [-0.3, -0.25) is 15.4 Å². The lowest BCUT2D eigenvalue weighted by molar-refractivity contribution is -0.193. The molecule has 2 aromatic heterocycles. The van der Waals surface area contributed by atoms with Crippen molar-refractivity contribution >= 4 is 70.3 Å². The number of amides is 3. The van der Waals surface area contributed by atoms with Gasteiger partial charge in [0.2, 0.25) is 5.96 Å². The van der Waals surface area contributed by atoms with Gasteiger partial charge in [-0.25, -0.2) is 24.4 Å². The molecule has 0 bridgehead atoms. The summed E-state index contributed by atoms with van der Waals surface area (Å²) in [4.78, 5) is 96.5. The maximum atomic E-state index is 13.9. The Morgan fingerprint density at radius 3 is 1.75 bits per heavy atom. The third-order valence-corrected chi connectivity index (χ3v) is 8.80. The average Bonchev–Trinajstić information content (AvgIpc) is 3.59. The number of carbonyl (C=O) groups excluding carboxylic acids is 8. The van der Waals surface area contributed by atoms with Crippen molar-refractivity contribution in [2.24, 2.45) is 10.4 Å². The zero-order chi connectivity index (χ0) is 46.3. The zero-order valence-electron chi connectivity index (χ0n) is 36.5. The first kappa shape index (κ1) is 50.6. The number of nitrogens with one attached hydrogen (secondary N) is 2. The minimum Gasteiger partial charge on any atom is -0.444 e. The molecule has 17 heteroatoms. The number of aromatic nitrogens is 1. The number of hydrogen-bond donors (Lipinski definition) is 2. The van der Waals surface area contributed by atoms with Gasteiger partial charge >= 0.3 is 30.5 Å². The van der Waals surface area contributed by atoms with E-state index in [1.807, 2.05) is 4.90 Å². The summed E-state index contributed by atoms with van der Waals surface area (Å²) in [6.45, 7) is 24.1. The number of rotatable bonds is 7. The molecule has 2 aromatic carbocycles. The fourth-order valence-corrected chi connectivity index (χ4v) is 6.14. The number of nitrogens with zero attached hydrogens (tertiary/aromatic N) is 3. The monoisotopic (exact) mass is 859 g/mol. The van der Waals surface area contributed by atoms with Crippen molar-refractivity contribution in [1.82, 2.24) is 20.5 Å². The van der Waals surface area contributed by atoms with Crippen molar-refractivity contribution in [1.29, 1.82) is 0 Å². The first-order valence-electron chi connectivity index (χ1n) is 18.8. The normalized spacial score (nSPS) is 11.1. The summed E-state index contributed by atoms with van der Waals surface area (Å²) in [5, 5.41) is 7.66. The van der Waals surface area contributed by atoms with Crippen LogP contribution in [0.2, 0.25) is 0 Å². The van der Waals surface area contributed by atoms with Crippen LogP contribution < -0.4 is 15.4 Å². The number of alkyl carbamates (subject to hydrolysis) is 2. The van der Waals surface area contributed by atoms with E-state index in [0.29, 0.717) is 41.1 Å². The molecule has 0 saturated carbocycles. The van der Waals surface area contributed by atoms with E-state index in [2.05, 4.69) is 73.6 Å². The number of pyridine rings is 1. The summed E-state index contributed by atoms with van der Waals surface area (Å²) in [6.07, 6.45) is -1.16. The number of carbonyl (C=O) groups is 4. The van der Waals surface area contributed by atoms with Gasteiger partial charge in [-0.15, -0.1) is 11.3 Å². The summed E-state index contributed by atoms with van der Waals surface area (Å²) in [6, 6.07) is 16.8. The van der Waals surface area contributed by atoms with Gasteiger partial charge in [0.25, 0.3) is 5.91 Å². The van der Waals surface area contributed by atoms with Crippen molar-refractivity contribution in [2.75, 3.05) is 6.54 Å². The second kappa shape index (κ2) is 21.6. The quantitative estimate of drug-likeness (QED) is 0.0775. The predicted octanol–water partition coefficient (Wildman–Crippen LogP) is 8.37. The van der Waals surface area contributed by atoms with Gasteiger partial charge in [0.05, 0.1) is 16.8 Å². The average molecular weight is 860 g/mol. The molecule has 0 aliphatic rings. The minimum atomic E-state index is -0.831. The number of guanidine groups is 1. The van der Waals surface area contributed by atoms with Crippen LogP contribution in [0.1, 0.15) is 114 Å². The highest BCUT2D eigenvalue weighted by atomic mass is 32.1. The SMILES string of the molecule is CC(C)(C)CN(Cc1csc(C(C)(C)C)c1)C(=O)c1ccc2cc(OC(=O)c3ccc(N=C(NC(=O)OC(C)(C)C)NC(=O)OC(C)(C)C)cc3)ccc2n1.O=C=O.O=C=O. The van der Waals surface area contributed by atoms with Crippen LogP contribution in [0.5, 0.6) is 5.75 Å². The Kier molecular flexibility index (Phi) is 17.9. The Bertz CT molecular complexity index is 2220. The molecule has 61 heavy (non-hydrogen) atoms. The fraction of sp³-hybridized carbons (Fsp3) is 0.409. The van der Waals surface area contributed by atoms with Crippen LogP contribution >= 0.6 is 11.3 Å². The number of ether oxygens (including phenoxy) is 3. The number of thiophene rings is 1. The number of esters is 1. The van der Waals surface area contributed by atoms with Crippen LogP contribution in [-0.4, -0.2) is 70.0 Å². The molecule has 2 heterocycles. The number of aliphatic imine (C=N–C) groups is 1. The van der Waals surface area contributed by atoms with Gasteiger partial charge in [-0.2, -0.15) is 19.2 Å². The van der Waals surface area contributed by atoms with Crippen molar-refractivity contribution in [2.45, 2.75) is 106 Å². The van der Waals surface area contributed by atoms with Gasteiger partial charge < -0.3 is 19.1 Å². The summed E-state index contributed by atoms with van der Waals surface area (Å²) >= 11 is 1.71. The maximum Gasteiger partial charge on any atom is 0.414 e. The lowest BCUT2D eigenvalue weighted by atomic mass is 9.94. The molecule has 326 valence electrons. The Labute approximate surface area is 359 Å². The molecule has 2 N–H and O–H groups in total. The number of hydrogen-bond acceptors (Lipinski definition) is 14. The molecule has 16 nitrogen and oxygen atoms in total. The Morgan fingerprint density at radius 2 is 1.28 bits per heavy atom. The molecule has 3 amide bonds. The van der Waals surface area contributed by atoms with E-state index < -0.39 is 29.4 Å². The summed E-state index contributed by atoms with van der Waals surface area (Å²) in [5.74, 6) is -0.702. The third-order valence-electron chi connectivity index (χ3n) is 7.39. The van der Waals surface area contributed by atoms with Crippen molar-refractivity contribution in [3.63, 3.8) is 0 Å². The summed E-state index contributed by atoms with van der Waals surface area (Å²) < 4.78 is 16.2. The smallest absolute Gasteiger partial charge is 0.414 e. The van der Waals surface area contributed by atoms with E-state index in [0.717, 1.165) is 5.56 Å². The highest BCUT2D eigenvalue weighted by molar-refractivity contribution is 7.10. The first-order valence-corrected chi connectivity index (χ1v) is 19.7. The predicted molar refractivity (Wildman–Crippen MR) is 226 cm³/mol. The van der Waals surface area contributed by atoms with Gasteiger partial charge in [0.15, 0.2) is 0 Å². The molecule has 0 atom stereocenters. The first-order chi connectivity index (χ1) is 28.2. The summed E-state index contributed by atoms with van der Waals surface area (Å²) in [5.41, 5.74) is 0.896. The van der Waals surface area contributed by atoms with Gasteiger partial charge in [0, 0.05) is 23.4 Å². The van der Waals surface area contributed by atoms with Crippen LogP contribution in [0.3, 0.4) is 0 Å². The zero-order valence-corrected chi connectivity index (χ0v) is 37.3. The molecule has 0 aliphatic carbocycles. The molecule has 0 saturated heterocycles. The van der Waals surface area contributed by atoms with Gasteiger partial charge in [-0.1, -0.05) is 47.6 Å². The Balaban J connectivity index is 0.00000201. The fourth-order valence-electron chi connectivity index (χ4n) is 5.15.